The van der Waals surface area contributed by atoms with Gasteiger partial charge in [-0.15, -0.1) is 0 Å². The summed E-state index contributed by atoms with van der Waals surface area (Å²) in [6.07, 6.45) is 10.4. The van der Waals surface area contributed by atoms with Crippen molar-refractivity contribution in [2.24, 2.45) is 0 Å². The zero-order valence-electron chi connectivity index (χ0n) is 21.3. The van der Waals surface area contributed by atoms with Gasteiger partial charge in [0.05, 0.1) is 22.2 Å². The lowest BCUT2D eigenvalue weighted by Crippen LogP contribution is -2.29. The highest BCUT2D eigenvalue weighted by Gasteiger charge is 2.32. The first-order chi connectivity index (χ1) is 18.0. The number of rotatable bonds is 12. The second kappa shape index (κ2) is 13.3. The second-order valence-corrected chi connectivity index (χ2v) is 11.0. The zero-order valence-corrected chi connectivity index (χ0v) is 23.7. The molecule has 1 amide bonds. The molecule has 0 unspecified atom stereocenters. The molecule has 1 aliphatic heterocycles. The maximum atomic E-state index is 13.2. The van der Waals surface area contributed by atoms with Crippen LogP contribution in [0, 0.1) is 0 Å². The summed E-state index contributed by atoms with van der Waals surface area (Å²) in [5, 5.41) is 5.40. The molecule has 2 aromatic carbocycles. The van der Waals surface area contributed by atoms with Gasteiger partial charge in [-0.05, 0) is 49.2 Å². The first kappa shape index (κ1) is 27.4. The summed E-state index contributed by atoms with van der Waals surface area (Å²) in [7, 11) is 0. The van der Waals surface area contributed by atoms with E-state index in [0.29, 0.717) is 33.1 Å². The topological polar surface area (TPSA) is 47.4 Å². The predicted octanol–water partition coefficient (Wildman–Crippen LogP) is 8.15. The summed E-state index contributed by atoms with van der Waals surface area (Å²) < 4.78 is 8.18. The van der Waals surface area contributed by atoms with Gasteiger partial charge in [0.2, 0.25) is 0 Å². The molecule has 37 heavy (non-hydrogen) atoms. The summed E-state index contributed by atoms with van der Waals surface area (Å²) in [5.74, 6) is 0.612. The number of carbonyl (C=O) groups is 1. The number of hydrogen-bond donors (Lipinski definition) is 0. The van der Waals surface area contributed by atoms with E-state index in [-0.39, 0.29) is 5.91 Å². The van der Waals surface area contributed by atoms with Crippen LogP contribution in [0.2, 0.25) is 5.02 Å². The van der Waals surface area contributed by atoms with Crippen molar-refractivity contribution >= 4 is 51.9 Å². The standard InChI is InChI=1S/C29H32ClN3O2S2/c1-3-5-6-7-11-16-32-28(34)26(37-29(32)36)19-22-20-33(23-12-9-8-10-13-23)31-27(22)21-14-15-25(24(30)18-21)35-17-4-2/h8-10,12-15,18-20H,3-7,11,16-17H2,1-2H3. The minimum Gasteiger partial charge on any atom is -0.492 e. The smallest absolute Gasteiger partial charge is 0.266 e. The molecular formula is C29H32ClN3O2S2. The predicted molar refractivity (Wildman–Crippen MR) is 158 cm³/mol. The molecule has 1 saturated heterocycles. The number of thioether (sulfide) groups is 1. The van der Waals surface area contributed by atoms with E-state index >= 15 is 0 Å². The Morgan fingerprint density at radius 2 is 1.84 bits per heavy atom. The van der Waals surface area contributed by atoms with Gasteiger partial charge in [0.15, 0.2) is 0 Å². The summed E-state index contributed by atoms with van der Waals surface area (Å²) in [6, 6.07) is 15.6. The highest BCUT2D eigenvalue weighted by molar-refractivity contribution is 8.26. The average molecular weight is 554 g/mol. The molecule has 3 aromatic rings. The highest BCUT2D eigenvalue weighted by atomic mass is 35.5. The van der Waals surface area contributed by atoms with E-state index < -0.39 is 0 Å². The first-order valence-electron chi connectivity index (χ1n) is 12.8. The number of ether oxygens (including phenoxy) is 1. The second-order valence-electron chi connectivity index (χ2n) is 8.95. The van der Waals surface area contributed by atoms with Gasteiger partial charge < -0.3 is 4.74 Å². The average Bonchev–Trinajstić information content (AvgIpc) is 3.44. The Kier molecular flexibility index (Phi) is 9.83. The number of aromatic nitrogens is 2. The number of halogens is 1. The van der Waals surface area contributed by atoms with E-state index in [1.54, 1.807) is 4.90 Å². The lowest BCUT2D eigenvalue weighted by molar-refractivity contribution is -0.122. The Morgan fingerprint density at radius 3 is 2.57 bits per heavy atom. The SMILES string of the molecule is CCCCCCCN1C(=O)C(=Cc2cn(-c3ccccc3)nc2-c2ccc(OCCC)c(Cl)c2)SC1=S. The van der Waals surface area contributed by atoms with Crippen LogP contribution in [0.3, 0.4) is 0 Å². The molecule has 0 atom stereocenters. The van der Waals surface area contributed by atoms with Crippen molar-refractivity contribution in [3.63, 3.8) is 0 Å². The van der Waals surface area contributed by atoms with Crippen LogP contribution in [0.15, 0.2) is 59.6 Å². The van der Waals surface area contributed by atoms with Gasteiger partial charge in [-0.1, -0.05) is 93.3 Å². The maximum Gasteiger partial charge on any atom is 0.266 e. The van der Waals surface area contributed by atoms with Gasteiger partial charge >= 0.3 is 0 Å². The van der Waals surface area contributed by atoms with Crippen LogP contribution in [0.25, 0.3) is 23.0 Å². The van der Waals surface area contributed by atoms with E-state index in [0.717, 1.165) is 41.8 Å². The van der Waals surface area contributed by atoms with E-state index in [1.165, 1.54) is 31.0 Å². The van der Waals surface area contributed by atoms with E-state index in [9.17, 15) is 4.79 Å². The van der Waals surface area contributed by atoms with Crippen molar-refractivity contribution in [2.45, 2.75) is 52.4 Å². The van der Waals surface area contributed by atoms with Gasteiger partial charge in [-0.25, -0.2) is 4.68 Å². The van der Waals surface area contributed by atoms with Gasteiger partial charge in [0, 0.05) is 23.9 Å². The third-order valence-corrected chi connectivity index (χ3v) is 7.75. The van der Waals surface area contributed by atoms with Crippen LogP contribution < -0.4 is 4.74 Å². The number of amides is 1. The highest BCUT2D eigenvalue weighted by Crippen LogP contribution is 2.36. The van der Waals surface area contributed by atoms with E-state index in [1.807, 2.05) is 65.5 Å². The fraction of sp³-hybridized carbons (Fsp3) is 0.345. The van der Waals surface area contributed by atoms with Crippen molar-refractivity contribution in [3.8, 4) is 22.7 Å². The van der Waals surface area contributed by atoms with Crippen molar-refractivity contribution in [1.29, 1.82) is 0 Å². The molecule has 0 N–H and O–H groups in total. The molecule has 0 bridgehead atoms. The van der Waals surface area contributed by atoms with Crippen LogP contribution in [0.1, 0.15) is 57.9 Å². The van der Waals surface area contributed by atoms with Crippen molar-refractivity contribution in [2.75, 3.05) is 13.2 Å². The molecule has 0 aliphatic carbocycles. The van der Waals surface area contributed by atoms with Gasteiger partial charge in [0.25, 0.3) is 5.91 Å². The van der Waals surface area contributed by atoms with Crippen LogP contribution in [0.5, 0.6) is 5.75 Å². The lowest BCUT2D eigenvalue weighted by atomic mass is 10.1. The fourth-order valence-electron chi connectivity index (χ4n) is 4.11. The Balaban J connectivity index is 1.64. The molecule has 1 aromatic heterocycles. The molecule has 8 heteroatoms. The van der Waals surface area contributed by atoms with Crippen LogP contribution in [-0.4, -0.2) is 38.1 Å². The molecule has 2 heterocycles. The molecule has 5 nitrogen and oxygen atoms in total. The molecule has 1 aliphatic rings. The van der Waals surface area contributed by atoms with Crippen LogP contribution >= 0.6 is 35.6 Å². The third-order valence-electron chi connectivity index (χ3n) is 6.08. The Labute approximate surface area is 233 Å². The number of carbonyl (C=O) groups excluding carboxylic acids is 1. The van der Waals surface area contributed by atoms with Gasteiger partial charge in [-0.2, -0.15) is 5.10 Å². The van der Waals surface area contributed by atoms with Crippen LogP contribution in [0.4, 0.5) is 0 Å². The summed E-state index contributed by atoms with van der Waals surface area (Å²) in [5.41, 5.74) is 3.33. The first-order valence-corrected chi connectivity index (χ1v) is 14.4. The minimum atomic E-state index is -0.0368. The number of thiocarbonyl (C=S) groups is 1. The van der Waals surface area contributed by atoms with Crippen molar-refractivity contribution < 1.29 is 9.53 Å². The van der Waals surface area contributed by atoms with Crippen molar-refractivity contribution in [1.82, 2.24) is 14.7 Å². The van der Waals surface area contributed by atoms with Gasteiger partial charge in [-0.3, -0.25) is 9.69 Å². The largest absolute Gasteiger partial charge is 0.492 e. The summed E-state index contributed by atoms with van der Waals surface area (Å²) >= 11 is 13.5. The molecule has 4 rings (SSSR count). The molecule has 194 valence electrons. The monoisotopic (exact) mass is 553 g/mol. The maximum absolute atomic E-state index is 13.2. The quantitative estimate of drug-likeness (QED) is 0.129. The number of hydrogen-bond acceptors (Lipinski definition) is 5. The minimum absolute atomic E-state index is 0.0368. The Morgan fingerprint density at radius 1 is 1.05 bits per heavy atom. The Hall–Kier alpha value is -2.61. The normalized spacial score (nSPS) is 14.7. The lowest BCUT2D eigenvalue weighted by Gasteiger charge is -2.13. The number of unbranched alkanes of at least 4 members (excludes halogenated alkanes) is 4. The number of benzene rings is 2. The molecule has 1 fully saturated rings. The fourth-order valence-corrected chi connectivity index (χ4v) is 5.65. The zero-order chi connectivity index (χ0) is 26.2. The number of nitrogens with zero attached hydrogens (tertiary/aromatic N) is 3. The van der Waals surface area contributed by atoms with Crippen molar-refractivity contribution in [3.05, 3.63) is 70.2 Å². The molecule has 0 radical (unpaired) electrons. The van der Waals surface area contributed by atoms with Gasteiger partial charge in [0.1, 0.15) is 15.8 Å². The third kappa shape index (κ3) is 6.83. The molecule has 0 spiro atoms. The van der Waals surface area contributed by atoms with Crippen LogP contribution in [-0.2, 0) is 4.79 Å². The summed E-state index contributed by atoms with van der Waals surface area (Å²) in [4.78, 5) is 15.6. The molecular weight excluding hydrogens is 522 g/mol. The van der Waals surface area contributed by atoms with E-state index in [4.69, 9.17) is 33.7 Å². The molecule has 0 saturated carbocycles. The van der Waals surface area contributed by atoms with E-state index in [2.05, 4.69) is 13.8 Å². The Bertz CT molecular complexity index is 1270. The summed E-state index contributed by atoms with van der Waals surface area (Å²) in [6.45, 7) is 5.52. The number of para-hydroxylation sites is 1.